The van der Waals surface area contributed by atoms with E-state index in [2.05, 4.69) is 5.32 Å². The lowest BCUT2D eigenvalue weighted by Crippen LogP contribution is -2.41. The Labute approximate surface area is 138 Å². The van der Waals surface area contributed by atoms with Crippen LogP contribution in [0.1, 0.15) is 31.2 Å². The number of aryl methyl sites for hydroxylation is 1. The second-order valence-corrected chi connectivity index (χ2v) is 6.38. The molecule has 1 aliphatic heterocycles. The molecule has 5 heteroatoms. The second-order valence-electron chi connectivity index (χ2n) is 6.38. The molecule has 0 atom stereocenters. The number of amides is 2. The maximum atomic E-state index is 12.3. The highest BCUT2D eigenvalue weighted by atomic mass is 16.2. The summed E-state index contributed by atoms with van der Waals surface area (Å²) in [6, 6.07) is 7.69. The predicted molar refractivity (Wildman–Crippen MR) is 92.4 cm³/mol. The van der Waals surface area contributed by atoms with Crippen molar-refractivity contribution in [3.05, 3.63) is 29.8 Å². The van der Waals surface area contributed by atoms with E-state index in [1.54, 1.807) is 4.90 Å². The molecule has 0 aromatic heterocycles. The molecular weight excluding hydrogens is 290 g/mol. The van der Waals surface area contributed by atoms with Gasteiger partial charge in [0.2, 0.25) is 11.8 Å². The number of hydrogen-bond acceptors (Lipinski definition) is 3. The standard InChI is InChI=1S/C18H27N3O2/c1-15-7-9-16(10-8-15)19-17(22)13-20(2)14-18(23)21-11-5-3-4-6-12-21/h7-10H,3-6,11-14H2,1-2H3,(H,19,22). The third-order valence-electron chi connectivity index (χ3n) is 4.11. The fourth-order valence-electron chi connectivity index (χ4n) is 2.79. The highest BCUT2D eigenvalue weighted by Crippen LogP contribution is 2.10. The number of nitrogens with zero attached hydrogens (tertiary/aromatic N) is 2. The van der Waals surface area contributed by atoms with Crippen molar-refractivity contribution in [3.8, 4) is 0 Å². The van der Waals surface area contributed by atoms with E-state index in [0.29, 0.717) is 6.54 Å². The maximum Gasteiger partial charge on any atom is 0.238 e. The molecule has 126 valence electrons. The van der Waals surface area contributed by atoms with Gasteiger partial charge >= 0.3 is 0 Å². The van der Waals surface area contributed by atoms with Gasteiger partial charge in [0.1, 0.15) is 0 Å². The molecule has 0 bridgehead atoms. The Balaban J connectivity index is 1.76. The van der Waals surface area contributed by atoms with Gasteiger partial charge in [-0.2, -0.15) is 0 Å². The summed E-state index contributed by atoms with van der Waals surface area (Å²) in [5.74, 6) is 0.0255. The lowest BCUT2D eigenvalue weighted by atomic mass is 10.2. The Morgan fingerprint density at radius 1 is 1.04 bits per heavy atom. The molecule has 0 spiro atoms. The van der Waals surface area contributed by atoms with Gasteiger partial charge in [-0.15, -0.1) is 0 Å². The number of likely N-dealkylation sites (N-methyl/N-ethyl adjacent to an activating group) is 1. The first-order valence-corrected chi connectivity index (χ1v) is 8.37. The highest BCUT2D eigenvalue weighted by Gasteiger charge is 2.18. The van der Waals surface area contributed by atoms with Crippen LogP contribution in [0.3, 0.4) is 0 Å². The van der Waals surface area contributed by atoms with E-state index in [4.69, 9.17) is 0 Å². The van der Waals surface area contributed by atoms with E-state index in [1.165, 1.54) is 12.8 Å². The lowest BCUT2D eigenvalue weighted by molar-refractivity contribution is -0.132. The van der Waals surface area contributed by atoms with Gasteiger partial charge in [-0.05, 0) is 38.9 Å². The van der Waals surface area contributed by atoms with Crippen LogP contribution >= 0.6 is 0 Å². The highest BCUT2D eigenvalue weighted by molar-refractivity contribution is 5.92. The van der Waals surface area contributed by atoms with Crippen LogP contribution in [0.4, 0.5) is 5.69 Å². The van der Waals surface area contributed by atoms with Crippen LogP contribution in [-0.2, 0) is 9.59 Å². The summed E-state index contributed by atoms with van der Waals surface area (Å²) in [6.45, 7) is 4.22. The van der Waals surface area contributed by atoms with Gasteiger partial charge in [-0.1, -0.05) is 30.5 Å². The van der Waals surface area contributed by atoms with Crippen LogP contribution < -0.4 is 5.32 Å². The third kappa shape index (κ3) is 6.02. The zero-order valence-electron chi connectivity index (χ0n) is 14.2. The first kappa shape index (κ1) is 17.5. The van der Waals surface area contributed by atoms with E-state index in [1.807, 2.05) is 43.1 Å². The topological polar surface area (TPSA) is 52.7 Å². The SMILES string of the molecule is Cc1ccc(NC(=O)CN(C)CC(=O)N2CCCCCC2)cc1. The van der Waals surface area contributed by atoms with E-state index in [9.17, 15) is 9.59 Å². The van der Waals surface area contributed by atoms with Gasteiger partial charge in [-0.3, -0.25) is 14.5 Å². The summed E-state index contributed by atoms with van der Waals surface area (Å²) in [7, 11) is 1.81. The van der Waals surface area contributed by atoms with Gasteiger partial charge in [0.25, 0.3) is 0 Å². The van der Waals surface area contributed by atoms with E-state index < -0.39 is 0 Å². The monoisotopic (exact) mass is 317 g/mol. The fourth-order valence-corrected chi connectivity index (χ4v) is 2.79. The second kappa shape index (κ2) is 8.67. The lowest BCUT2D eigenvalue weighted by Gasteiger charge is -2.23. The van der Waals surface area contributed by atoms with Crippen LogP contribution in [-0.4, -0.2) is 54.8 Å². The molecule has 23 heavy (non-hydrogen) atoms. The molecular formula is C18H27N3O2. The molecule has 0 radical (unpaired) electrons. The molecule has 0 unspecified atom stereocenters. The molecule has 5 nitrogen and oxygen atoms in total. The van der Waals surface area contributed by atoms with Crippen LogP contribution in [0.25, 0.3) is 0 Å². The molecule has 1 fully saturated rings. The number of carbonyl (C=O) groups excluding carboxylic acids is 2. The molecule has 1 heterocycles. The summed E-state index contributed by atoms with van der Waals surface area (Å²) in [6.07, 6.45) is 4.59. The molecule has 0 saturated carbocycles. The number of nitrogens with one attached hydrogen (secondary N) is 1. The molecule has 1 aromatic rings. The van der Waals surface area contributed by atoms with Gasteiger partial charge in [0.15, 0.2) is 0 Å². The number of likely N-dealkylation sites (tertiary alicyclic amines) is 1. The molecule has 1 aromatic carbocycles. The van der Waals surface area contributed by atoms with Crippen LogP contribution in [0.5, 0.6) is 0 Å². The van der Waals surface area contributed by atoms with Crippen molar-refractivity contribution < 1.29 is 9.59 Å². The quantitative estimate of drug-likeness (QED) is 0.906. The summed E-state index contributed by atoms with van der Waals surface area (Å²) < 4.78 is 0. The molecule has 1 aliphatic rings. The minimum atomic E-state index is -0.0972. The van der Waals surface area contributed by atoms with Crippen LogP contribution in [0.2, 0.25) is 0 Å². The van der Waals surface area contributed by atoms with Crippen LogP contribution in [0.15, 0.2) is 24.3 Å². The van der Waals surface area contributed by atoms with Gasteiger partial charge < -0.3 is 10.2 Å². The van der Waals surface area contributed by atoms with Crippen molar-refractivity contribution in [2.45, 2.75) is 32.6 Å². The van der Waals surface area contributed by atoms with Crippen molar-refractivity contribution >= 4 is 17.5 Å². The van der Waals surface area contributed by atoms with Crippen molar-refractivity contribution in [1.82, 2.24) is 9.80 Å². The smallest absolute Gasteiger partial charge is 0.238 e. The normalized spacial score (nSPS) is 15.3. The van der Waals surface area contributed by atoms with Crippen molar-refractivity contribution in [2.75, 3.05) is 38.5 Å². The van der Waals surface area contributed by atoms with Crippen molar-refractivity contribution in [3.63, 3.8) is 0 Å². The summed E-state index contributed by atoms with van der Waals surface area (Å²) in [5.41, 5.74) is 1.94. The number of anilines is 1. The average molecular weight is 317 g/mol. The minimum absolute atomic E-state index is 0.0972. The molecule has 0 aliphatic carbocycles. The van der Waals surface area contributed by atoms with Gasteiger partial charge in [0, 0.05) is 18.8 Å². The first-order valence-electron chi connectivity index (χ1n) is 8.37. The molecule has 1 N–H and O–H groups in total. The van der Waals surface area contributed by atoms with Gasteiger partial charge in [-0.25, -0.2) is 0 Å². The Morgan fingerprint density at radius 2 is 1.65 bits per heavy atom. The first-order chi connectivity index (χ1) is 11.0. The van der Waals surface area contributed by atoms with Crippen LogP contribution in [0, 0.1) is 6.92 Å². The number of hydrogen-bond donors (Lipinski definition) is 1. The Hall–Kier alpha value is -1.88. The summed E-state index contributed by atoms with van der Waals surface area (Å²) >= 11 is 0. The predicted octanol–water partition coefficient (Wildman–Crippen LogP) is 2.27. The zero-order chi connectivity index (χ0) is 16.7. The average Bonchev–Trinajstić information content (AvgIpc) is 2.78. The van der Waals surface area contributed by atoms with E-state index in [-0.39, 0.29) is 18.4 Å². The fraction of sp³-hybridized carbons (Fsp3) is 0.556. The Kier molecular flexibility index (Phi) is 6.59. The number of carbonyl (C=O) groups is 2. The van der Waals surface area contributed by atoms with Crippen molar-refractivity contribution in [2.24, 2.45) is 0 Å². The van der Waals surface area contributed by atoms with Gasteiger partial charge in [0.05, 0.1) is 13.1 Å². The molecule has 2 amide bonds. The molecule has 1 saturated heterocycles. The summed E-state index contributed by atoms with van der Waals surface area (Å²) in [5, 5.41) is 2.86. The number of rotatable bonds is 5. The zero-order valence-corrected chi connectivity index (χ0v) is 14.2. The molecule has 2 rings (SSSR count). The largest absolute Gasteiger partial charge is 0.342 e. The maximum absolute atomic E-state index is 12.3. The van der Waals surface area contributed by atoms with E-state index >= 15 is 0 Å². The van der Waals surface area contributed by atoms with E-state index in [0.717, 1.165) is 37.2 Å². The Morgan fingerprint density at radius 3 is 2.26 bits per heavy atom. The minimum Gasteiger partial charge on any atom is -0.342 e. The van der Waals surface area contributed by atoms with Crippen molar-refractivity contribution in [1.29, 1.82) is 0 Å². The third-order valence-corrected chi connectivity index (χ3v) is 4.11. The summed E-state index contributed by atoms with van der Waals surface area (Å²) in [4.78, 5) is 28.0. The Bertz CT molecular complexity index is 520. The number of benzene rings is 1.